The molecule has 11 aromatic rings. The van der Waals surface area contributed by atoms with Crippen LogP contribution in [0.25, 0.3) is 106 Å². The van der Waals surface area contributed by atoms with Crippen LogP contribution in [-0.2, 0) is 0 Å². The summed E-state index contributed by atoms with van der Waals surface area (Å²) in [7, 11) is 0. The molecule has 12 rings (SSSR count). The maximum absolute atomic E-state index is 5.27. The first-order valence-corrected chi connectivity index (χ1v) is 20.4. The van der Waals surface area contributed by atoms with E-state index in [1.54, 1.807) is 0 Å². The molecule has 1 aliphatic rings. The van der Waals surface area contributed by atoms with E-state index in [0.29, 0.717) is 0 Å². The van der Waals surface area contributed by atoms with Gasteiger partial charge in [0.1, 0.15) is 0 Å². The second-order valence-corrected chi connectivity index (χ2v) is 15.7. The number of rotatable bonds is 5. The van der Waals surface area contributed by atoms with E-state index in [4.69, 9.17) is 9.97 Å². The Morgan fingerprint density at radius 2 is 1.05 bits per heavy atom. The van der Waals surface area contributed by atoms with Crippen LogP contribution < -0.4 is 10.4 Å². The van der Waals surface area contributed by atoms with E-state index in [1.807, 2.05) is 6.20 Å². The molecular formula is C56H37N3. The molecule has 0 spiro atoms. The molecule has 0 radical (unpaired) electrons. The van der Waals surface area contributed by atoms with Gasteiger partial charge in [0.2, 0.25) is 0 Å². The highest BCUT2D eigenvalue weighted by molar-refractivity contribution is 6.23. The van der Waals surface area contributed by atoms with Crippen LogP contribution in [0.1, 0.15) is 17.9 Å². The molecule has 0 aliphatic heterocycles. The van der Waals surface area contributed by atoms with Crippen LogP contribution in [0.3, 0.4) is 0 Å². The third kappa shape index (κ3) is 5.58. The number of nitrogens with zero attached hydrogens (tertiary/aromatic N) is 3. The van der Waals surface area contributed by atoms with Crippen molar-refractivity contribution < 1.29 is 0 Å². The van der Waals surface area contributed by atoms with E-state index in [2.05, 4.69) is 205 Å². The molecule has 0 fully saturated rings. The third-order valence-electron chi connectivity index (χ3n) is 12.3. The van der Waals surface area contributed by atoms with Crippen molar-refractivity contribution in [2.75, 3.05) is 0 Å². The predicted octanol–water partition coefficient (Wildman–Crippen LogP) is 12.8. The van der Waals surface area contributed by atoms with Gasteiger partial charge in [-0.05, 0) is 104 Å². The van der Waals surface area contributed by atoms with Gasteiger partial charge in [-0.15, -0.1) is 0 Å². The molecule has 3 nitrogen and oxygen atoms in total. The van der Waals surface area contributed by atoms with Crippen molar-refractivity contribution in [1.29, 1.82) is 0 Å². The molecule has 276 valence electrons. The molecule has 0 N–H and O–H groups in total. The third-order valence-corrected chi connectivity index (χ3v) is 12.3. The highest BCUT2D eigenvalue weighted by atomic mass is 15.0. The quantitative estimate of drug-likeness (QED) is 0.164. The Bertz CT molecular complexity index is 3560. The summed E-state index contributed by atoms with van der Waals surface area (Å²) in [5, 5.41) is 9.78. The molecule has 1 aliphatic carbocycles. The van der Waals surface area contributed by atoms with E-state index in [9.17, 15) is 0 Å². The zero-order valence-electron chi connectivity index (χ0n) is 32.3. The van der Waals surface area contributed by atoms with Gasteiger partial charge in [0.05, 0.1) is 34.0 Å². The lowest BCUT2D eigenvalue weighted by Crippen LogP contribution is -2.28. The van der Waals surface area contributed by atoms with Crippen LogP contribution in [0.15, 0.2) is 194 Å². The van der Waals surface area contributed by atoms with Crippen LogP contribution in [0.4, 0.5) is 0 Å². The lowest BCUT2D eigenvalue weighted by molar-refractivity contribution is 0.921. The molecule has 0 bridgehead atoms. The molecular weight excluding hydrogens is 715 g/mol. The van der Waals surface area contributed by atoms with Gasteiger partial charge in [-0.2, -0.15) is 0 Å². The summed E-state index contributed by atoms with van der Waals surface area (Å²) in [6.07, 6.45) is 7.72. The van der Waals surface area contributed by atoms with E-state index < -0.39 is 0 Å². The smallest absolute Gasteiger partial charge is 0.0979 e. The van der Waals surface area contributed by atoms with Crippen molar-refractivity contribution in [1.82, 2.24) is 14.5 Å². The Morgan fingerprint density at radius 3 is 1.86 bits per heavy atom. The van der Waals surface area contributed by atoms with Crippen molar-refractivity contribution >= 4 is 66.5 Å². The SMILES string of the molecule is C1=c2ccc(-c3cccc(-c4ccc5c(c4)c4ccccc4n5-c4ccccc4)c3)cc2=CCC1c1cccc(-c2cnc3c4ccccc4c4ccccc4c3n2)c1. The number of hydrogen-bond donors (Lipinski definition) is 0. The first-order valence-electron chi connectivity index (χ1n) is 20.4. The summed E-state index contributed by atoms with van der Waals surface area (Å²) < 4.78 is 2.37. The average molecular weight is 752 g/mol. The first kappa shape index (κ1) is 33.5. The topological polar surface area (TPSA) is 30.7 Å². The minimum absolute atomic E-state index is 0.276. The van der Waals surface area contributed by atoms with Crippen molar-refractivity contribution in [3.8, 4) is 39.2 Å². The van der Waals surface area contributed by atoms with Gasteiger partial charge in [-0.3, -0.25) is 4.98 Å². The Kier molecular flexibility index (Phi) is 7.67. The van der Waals surface area contributed by atoms with Crippen molar-refractivity contribution in [3.63, 3.8) is 0 Å². The number of fused-ring (bicyclic) bond motifs is 10. The van der Waals surface area contributed by atoms with E-state index >= 15 is 0 Å². The zero-order chi connectivity index (χ0) is 38.9. The predicted molar refractivity (Wildman–Crippen MR) is 247 cm³/mol. The Labute approximate surface area is 341 Å². The molecule has 59 heavy (non-hydrogen) atoms. The van der Waals surface area contributed by atoms with Gasteiger partial charge in [-0.1, -0.05) is 152 Å². The van der Waals surface area contributed by atoms with E-state index in [1.165, 1.54) is 76.5 Å². The molecule has 0 amide bonds. The highest BCUT2D eigenvalue weighted by Crippen LogP contribution is 2.37. The van der Waals surface area contributed by atoms with Gasteiger partial charge < -0.3 is 4.57 Å². The van der Waals surface area contributed by atoms with Crippen LogP contribution in [0.5, 0.6) is 0 Å². The second kappa shape index (κ2) is 13.5. The molecule has 0 saturated heterocycles. The summed E-state index contributed by atoms with van der Waals surface area (Å²) in [6.45, 7) is 0. The lowest BCUT2D eigenvalue weighted by Gasteiger charge is -2.16. The van der Waals surface area contributed by atoms with Gasteiger partial charge in [0, 0.05) is 38.7 Å². The summed E-state index contributed by atoms with van der Waals surface area (Å²) in [5.74, 6) is 0.276. The van der Waals surface area contributed by atoms with Crippen LogP contribution in [0, 0.1) is 0 Å². The molecule has 0 saturated carbocycles. The number of hydrogen-bond acceptors (Lipinski definition) is 2. The fourth-order valence-corrected chi connectivity index (χ4v) is 9.43. The van der Waals surface area contributed by atoms with Crippen molar-refractivity contribution in [2.45, 2.75) is 12.3 Å². The Morgan fingerprint density at radius 1 is 0.424 bits per heavy atom. The normalized spacial score (nSPS) is 13.8. The van der Waals surface area contributed by atoms with Gasteiger partial charge in [0.15, 0.2) is 0 Å². The maximum atomic E-state index is 5.27. The number of para-hydroxylation sites is 2. The minimum atomic E-state index is 0.276. The average Bonchev–Trinajstić information content (AvgIpc) is 3.65. The second-order valence-electron chi connectivity index (χ2n) is 15.7. The Hall–Kier alpha value is -7.62. The highest BCUT2D eigenvalue weighted by Gasteiger charge is 2.16. The summed E-state index contributed by atoms with van der Waals surface area (Å²) in [5.41, 5.74) is 13.7. The standard InChI is InChI=1S/C56H37N3/c1-2-16-45(17-3-1)59-53-23-9-8-20-48(53)51-34-43(28-29-54(51)59)37-13-10-12-36(30-37)39-24-26-42-32-40(25-27-41(42)31-39)38-14-11-15-44(33-38)52-35-57-55-49-21-6-4-18-46(49)47-19-5-7-22-50(47)56(55)58-52/h1-24,26-35,40H,25H2. The molecule has 1 unspecified atom stereocenters. The summed E-state index contributed by atoms with van der Waals surface area (Å²) in [6, 6.07) is 68.1. The first-order chi connectivity index (χ1) is 29.2. The molecule has 2 heterocycles. The summed E-state index contributed by atoms with van der Waals surface area (Å²) >= 11 is 0. The monoisotopic (exact) mass is 751 g/mol. The molecule has 3 heteroatoms. The van der Waals surface area contributed by atoms with E-state index in [0.717, 1.165) is 39.5 Å². The van der Waals surface area contributed by atoms with E-state index in [-0.39, 0.29) is 5.92 Å². The van der Waals surface area contributed by atoms with Gasteiger partial charge in [0.25, 0.3) is 0 Å². The fraction of sp³-hybridized carbons (Fsp3) is 0.0357. The minimum Gasteiger partial charge on any atom is -0.309 e. The fourth-order valence-electron chi connectivity index (χ4n) is 9.43. The van der Waals surface area contributed by atoms with Gasteiger partial charge >= 0.3 is 0 Å². The van der Waals surface area contributed by atoms with Crippen LogP contribution in [0.2, 0.25) is 0 Å². The zero-order valence-corrected chi connectivity index (χ0v) is 32.3. The largest absolute Gasteiger partial charge is 0.309 e. The summed E-state index contributed by atoms with van der Waals surface area (Å²) in [4.78, 5) is 10.3. The number of aromatic nitrogens is 3. The molecule has 2 aromatic heterocycles. The van der Waals surface area contributed by atoms with Gasteiger partial charge in [-0.25, -0.2) is 4.98 Å². The van der Waals surface area contributed by atoms with Crippen LogP contribution >= 0.6 is 0 Å². The maximum Gasteiger partial charge on any atom is 0.0979 e. The molecule has 9 aromatic carbocycles. The van der Waals surface area contributed by atoms with Crippen LogP contribution in [-0.4, -0.2) is 14.5 Å². The Balaban J connectivity index is 0.859. The van der Waals surface area contributed by atoms with Crippen molar-refractivity contribution in [2.24, 2.45) is 0 Å². The molecule has 1 atom stereocenters. The van der Waals surface area contributed by atoms with Crippen molar-refractivity contribution in [3.05, 3.63) is 210 Å². The number of benzene rings is 9. The lowest BCUT2D eigenvalue weighted by atomic mass is 9.88.